The van der Waals surface area contributed by atoms with Crippen LogP contribution in [-0.4, -0.2) is 4.21 Å². The fourth-order valence-corrected chi connectivity index (χ4v) is 3.18. The summed E-state index contributed by atoms with van der Waals surface area (Å²) in [4.78, 5) is 0.437. The number of anilines is 1. The molecule has 0 bridgehead atoms. The largest absolute Gasteiger partial charge is 0.398 e. The van der Waals surface area contributed by atoms with Gasteiger partial charge in [0.15, 0.2) is 0 Å². The molecule has 100 valence electrons. The zero-order chi connectivity index (χ0) is 14.0. The molecule has 0 spiro atoms. The molecule has 0 radical (unpaired) electrons. The quantitative estimate of drug-likeness (QED) is 0.863. The third-order valence-corrected chi connectivity index (χ3v) is 4.45. The summed E-state index contributed by atoms with van der Waals surface area (Å²) < 4.78 is 39.2. The minimum Gasteiger partial charge on any atom is -0.398 e. The van der Waals surface area contributed by atoms with Gasteiger partial charge in [-0.05, 0) is 24.3 Å². The molecular weight excluding hydrogens is 336 g/mol. The van der Waals surface area contributed by atoms with Crippen molar-refractivity contribution in [2.75, 3.05) is 5.73 Å². The lowest BCUT2D eigenvalue weighted by molar-refractivity contribution is 0.576. The van der Waals surface area contributed by atoms with E-state index in [1.54, 1.807) is 18.2 Å². The predicted molar refractivity (Wildman–Crippen MR) is 75.0 cm³/mol. The van der Waals surface area contributed by atoms with Crippen LogP contribution in [0.2, 0.25) is 0 Å². The zero-order valence-corrected chi connectivity index (χ0v) is 12.1. The van der Waals surface area contributed by atoms with Crippen LogP contribution in [0, 0.1) is 11.6 Å². The fourth-order valence-electron chi connectivity index (χ4n) is 1.58. The van der Waals surface area contributed by atoms with Crippen molar-refractivity contribution in [1.82, 2.24) is 0 Å². The molecule has 0 aliphatic heterocycles. The summed E-state index contributed by atoms with van der Waals surface area (Å²) in [5.41, 5.74) is 6.33. The second kappa shape index (κ2) is 5.79. The van der Waals surface area contributed by atoms with Gasteiger partial charge in [-0.25, -0.2) is 8.78 Å². The number of hydrogen-bond acceptors (Lipinski definition) is 2. The van der Waals surface area contributed by atoms with Gasteiger partial charge in [0, 0.05) is 21.8 Å². The van der Waals surface area contributed by atoms with Crippen LogP contribution >= 0.6 is 15.9 Å². The molecule has 0 fully saturated rings. The first-order valence-electron chi connectivity index (χ1n) is 5.34. The van der Waals surface area contributed by atoms with Gasteiger partial charge in [0.25, 0.3) is 0 Å². The molecule has 19 heavy (non-hydrogen) atoms. The summed E-state index contributed by atoms with van der Waals surface area (Å²) in [6.07, 6.45) is 0. The van der Waals surface area contributed by atoms with Crippen LogP contribution in [0.1, 0.15) is 5.56 Å². The average Bonchev–Trinajstić information content (AvgIpc) is 2.32. The number of rotatable bonds is 3. The Hall–Kier alpha value is -1.27. The third-order valence-electron chi connectivity index (χ3n) is 2.52. The Bertz CT molecular complexity index is 649. The summed E-state index contributed by atoms with van der Waals surface area (Å²) in [7, 11) is -1.48. The molecule has 0 aromatic heterocycles. The molecule has 2 aromatic carbocycles. The second-order valence-electron chi connectivity index (χ2n) is 3.91. The smallest absolute Gasteiger partial charge is 0.130 e. The van der Waals surface area contributed by atoms with Gasteiger partial charge >= 0.3 is 0 Å². The molecule has 0 saturated heterocycles. The van der Waals surface area contributed by atoms with E-state index in [-0.39, 0.29) is 11.3 Å². The molecule has 0 heterocycles. The second-order valence-corrected chi connectivity index (χ2v) is 6.24. The van der Waals surface area contributed by atoms with Crippen molar-refractivity contribution in [2.45, 2.75) is 10.6 Å². The molecule has 2 N–H and O–H groups in total. The van der Waals surface area contributed by atoms with Gasteiger partial charge in [0.05, 0.1) is 21.4 Å². The Morgan fingerprint density at radius 3 is 2.53 bits per heavy atom. The molecule has 0 amide bonds. The van der Waals surface area contributed by atoms with Crippen LogP contribution in [0.15, 0.2) is 45.8 Å². The van der Waals surface area contributed by atoms with Crippen molar-refractivity contribution in [3.63, 3.8) is 0 Å². The monoisotopic (exact) mass is 345 g/mol. The Kier molecular flexibility index (Phi) is 4.31. The first kappa shape index (κ1) is 14.1. The highest BCUT2D eigenvalue weighted by Gasteiger charge is 2.12. The molecule has 2 aromatic rings. The number of halogens is 3. The maximum absolute atomic E-state index is 13.5. The Labute approximate surface area is 120 Å². The minimum absolute atomic E-state index is 0.0437. The molecule has 1 unspecified atom stereocenters. The van der Waals surface area contributed by atoms with E-state index in [0.717, 1.165) is 16.6 Å². The average molecular weight is 346 g/mol. The van der Waals surface area contributed by atoms with Crippen LogP contribution in [0.5, 0.6) is 0 Å². The van der Waals surface area contributed by atoms with Crippen molar-refractivity contribution in [3.8, 4) is 0 Å². The third kappa shape index (κ3) is 3.39. The van der Waals surface area contributed by atoms with E-state index in [4.69, 9.17) is 5.73 Å². The normalized spacial score (nSPS) is 12.4. The first-order chi connectivity index (χ1) is 8.97. The molecule has 0 aliphatic carbocycles. The highest BCUT2D eigenvalue weighted by Crippen LogP contribution is 2.24. The highest BCUT2D eigenvalue weighted by molar-refractivity contribution is 9.10. The van der Waals surface area contributed by atoms with E-state index in [1.807, 2.05) is 0 Å². The van der Waals surface area contributed by atoms with Crippen LogP contribution < -0.4 is 5.73 Å². The Balaban J connectivity index is 2.25. The summed E-state index contributed by atoms with van der Waals surface area (Å²) in [5, 5.41) is 0. The van der Waals surface area contributed by atoms with Gasteiger partial charge in [-0.1, -0.05) is 22.0 Å². The van der Waals surface area contributed by atoms with Crippen LogP contribution in [0.4, 0.5) is 14.5 Å². The summed E-state index contributed by atoms with van der Waals surface area (Å²) in [6, 6.07) is 8.17. The van der Waals surface area contributed by atoms with E-state index in [1.165, 1.54) is 6.07 Å². The van der Waals surface area contributed by atoms with Gasteiger partial charge in [0.1, 0.15) is 11.6 Å². The topological polar surface area (TPSA) is 43.1 Å². The van der Waals surface area contributed by atoms with Crippen LogP contribution in [-0.2, 0) is 16.6 Å². The molecule has 6 heteroatoms. The van der Waals surface area contributed by atoms with E-state index < -0.39 is 22.4 Å². The first-order valence-corrected chi connectivity index (χ1v) is 7.46. The fraction of sp³-hybridized carbons (Fsp3) is 0.0769. The SMILES string of the molecule is Nc1cc(Br)ccc1S(=O)Cc1ccc(F)cc1F. The lowest BCUT2D eigenvalue weighted by Gasteiger charge is -2.07. The van der Waals surface area contributed by atoms with Crippen molar-refractivity contribution < 1.29 is 13.0 Å². The standard InChI is InChI=1S/C13H10BrF2NOS/c14-9-2-4-13(12(17)5-9)19(18)7-8-1-3-10(15)6-11(8)16/h1-6H,7,17H2. The maximum Gasteiger partial charge on any atom is 0.130 e. The maximum atomic E-state index is 13.5. The van der Waals surface area contributed by atoms with Crippen LogP contribution in [0.3, 0.4) is 0 Å². The highest BCUT2D eigenvalue weighted by atomic mass is 79.9. The molecule has 0 aliphatic rings. The molecular formula is C13H10BrF2NOS. The van der Waals surface area contributed by atoms with E-state index >= 15 is 0 Å². The summed E-state index contributed by atoms with van der Waals surface area (Å²) >= 11 is 3.25. The van der Waals surface area contributed by atoms with Crippen molar-refractivity contribution >= 4 is 32.4 Å². The van der Waals surface area contributed by atoms with E-state index in [9.17, 15) is 13.0 Å². The zero-order valence-electron chi connectivity index (χ0n) is 9.70. The van der Waals surface area contributed by atoms with Gasteiger partial charge in [-0.15, -0.1) is 0 Å². The van der Waals surface area contributed by atoms with E-state index in [2.05, 4.69) is 15.9 Å². The number of nitrogens with two attached hydrogens (primary N) is 1. The summed E-state index contributed by atoms with van der Waals surface area (Å²) in [5.74, 6) is -1.41. The summed E-state index contributed by atoms with van der Waals surface area (Å²) in [6.45, 7) is 0. The lowest BCUT2D eigenvalue weighted by atomic mass is 10.2. The van der Waals surface area contributed by atoms with Crippen LogP contribution in [0.25, 0.3) is 0 Å². The van der Waals surface area contributed by atoms with Gasteiger partial charge in [-0.2, -0.15) is 0 Å². The number of nitrogen functional groups attached to an aromatic ring is 1. The van der Waals surface area contributed by atoms with Gasteiger partial charge < -0.3 is 5.73 Å². The molecule has 2 rings (SSSR count). The predicted octanol–water partition coefficient (Wildman–Crippen LogP) is 3.62. The molecule has 2 nitrogen and oxygen atoms in total. The molecule has 1 atom stereocenters. The lowest BCUT2D eigenvalue weighted by Crippen LogP contribution is -2.02. The van der Waals surface area contributed by atoms with Crippen molar-refractivity contribution in [1.29, 1.82) is 0 Å². The molecule has 0 saturated carbocycles. The Morgan fingerprint density at radius 1 is 1.16 bits per heavy atom. The van der Waals surface area contributed by atoms with Crippen molar-refractivity contribution in [2.24, 2.45) is 0 Å². The van der Waals surface area contributed by atoms with Gasteiger partial charge in [0.2, 0.25) is 0 Å². The minimum atomic E-state index is -1.48. The number of benzene rings is 2. The Morgan fingerprint density at radius 2 is 1.89 bits per heavy atom. The van der Waals surface area contributed by atoms with E-state index in [0.29, 0.717) is 10.6 Å². The van der Waals surface area contributed by atoms with Crippen molar-refractivity contribution in [3.05, 3.63) is 58.1 Å². The number of hydrogen-bond donors (Lipinski definition) is 1. The van der Waals surface area contributed by atoms with Gasteiger partial charge in [-0.3, -0.25) is 4.21 Å².